The SMILES string of the molecule is O=C(Oc1ccc([C@H](CNCCSCCCNCCc2cccc(C(F)(F)F)c2)OC(=O)C(F)(F)F)c2sc(=O)[nH]c12)C(F)(F)F. The standard InChI is InChI=1S/C27H26F9N3O5S2/c28-25(29,30)16-4-1-3-15(13-16)7-9-37-8-2-11-45-12-10-38-14-19(44-23(41)27(34,35)36)17-5-6-18(43-22(40)26(31,32)33)20-21(17)46-24(42)39-20/h1,3-6,13,19,37-38H,2,7-12,14H2,(H,39,42)/t19-/m0/s1. The normalized spacial score (nSPS) is 13.2. The van der Waals surface area contributed by atoms with Crippen LogP contribution in [0.2, 0.25) is 0 Å². The largest absolute Gasteiger partial charge is 0.491 e. The predicted octanol–water partition coefficient (Wildman–Crippen LogP) is 5.77. The molecule has 0 amide bonds. The third-order valence-corrected chi connectivity index (χ3v) is 8.07. The summed E-state index contributed by atoms with van der Waals surface area (Å²) in [5.74, 6) is -4.64. The Morgan fingerprint density at radius 2 is 1.61 bits per heavy atom. The summed E-state index contributed by atoms with van der Waals surface area (Å²) in [4.78, 5) is 36.3. The second kappa shape index (κ2) is 16.0. The maximum absolute atomic E-state index is 13.0. The summed E-state index contributed by atoms with van der Waals surface area (Å²) in [5, 5.41) is 5.98. The first-order valence-electron chi connectivity index (χ1n) is 13.3. The van der Waals surface area contributed by atoms with Gasteiger partial charge in [-0.05, 0) is 55.4 Å². The minimum Gasteiger partial charge on any atom is -0.449 e. The quantitative estimate of drug-likeness (QED) is 0.0792. The lowest BCUT2D eigenvalue weighted by Crippen LogP contribution is -2.32. The van der Waals surface area contributed by atoms with Gasteiger partial charge in [0.15, 0.2) is 5.75 Å². The number of esters is 2. The van der Waals surface area contributed by atoms with Gasteiger partial charge in [-0.1, -0.05) is 29.5 Å². The number of thioether (sulfide) groups is 1. The van der Waals surface area contributed by atoms with Gasteiger partial charge in [-0.25, -0.2) is 9.59 Å². The average Bonchev–Trinajstić information content (AvgIpc) is 3.35. The lowest BCUT2D eigenvalue weighted by atomic mass is 10.1. The van der Waals surface area contributed by atoms with E-state index in [2.05, 4.69) is 25.1 Å². The third-order valence-electron chi connectivity index (χ3n) is 6.07. The number of alkyl halides is 9. The number of nitrogens with one attached hydrogen (secondary N) is 3. The zero-order valence-corrected chi connectivity index (χ0v) is 25.1. The van der Waals surface area contributed by atoms with Crippen LogP contribution in [-0.4, -0.2) is 67.0 Å². The highest BCUT2D eigenvalue weighted by Gasteiger charge is 2.43. The molecule has 1 aromatic heterocycles. The molecule has 0 spiro atoms. The van der Waals surface area contributed by atoms with E-state index in [1.165, 1.54) is 17.8 Å². The van der Waals surface area contributed by atoms with Crippen LogP contribution in [0.4, 0.5) is 39.5 Å². The molecule has 8 nitrogen and oxygen atoms in total. The van der Waals surface area contributed by atoms with E-state index in [0.717, 1.165) is 24.3 Å². The van der Waals surface area contributed by atoms with Gasteiger partial charge in [0.1, 0.15) is 11.6 Å². The number of carbonyl (C=O) groups excluding carboxylic acids is 2. The molecule has 1 heterocycles. The first kappa shape index (κ1) is 37.2. The highest BCUT2D eigenvalue weighted by molar-refractivity contribution is 7.99. The van der Waals surface area contributed by atoms with E-state index in [9.17, 15) is 53.9 Å². The van der Waals surface area contributed by atoms with E-state index in [4.69, 9.17) is 0 Å². The fourth-order valence-corrected chi connectivity index (χ4v) is 5.73. The van der Waals surface area contributed by atoms with E-state index >= 15 is 0 Å². The van der Waals surface area contributed by atoms with Gasteiger partial charge in [0.25, 0.3) is 0 Å². The Balaban J connectivity index is 1.50. The summed E-state index contributed by atoms with van der Waals surface area (Å²) in [7, 11) is 0. The van der Waals surface area contributed by atoms with Gasteiger partial charge in [-0.15, -0.1) is 0 Å². The molecule has 2 aromatic carbocycles. The molecule has 254 valence electrons. The van der Waals surface area contributed by atoms with Crippen LogP contribution in [0.3, 0.4) is 0 Å². The van der Waals surface area contributed by atoms with Crippen molar-refractivity contribution in [1.29, 1.82) is 0 Å². The van der Waals surface area contributed by atoms with Gasteiger partial charge in [-0.2, -0.15) is 51.3 Å². The highest BCUT2D eigenvalue weighted by atomic mass is 32.2. The molecule has 0 saturated carbocycles. The number of hydrogen-bond donors (Lipinski definition) is 3. The number of benzene rings is 2. The highest BCUT2D eigenvalue weighted by Crippen LogP contribution is 2.35. The molecular weight excluding hydrogens is 681 g/mol. The van der Waals surface area contributed by atoms with Crippen LogP contribution in [0.25, 0.3) is 10.2 Å². The number of ether oxygens (including phenoxy) is 2. The molecule has 0 radical (unpaired) electrons. The second-order valence-electron chi connectivity index (χ2n) is 9.52. The van der Waals surface area contributed by atoms with Gasteiger partial charge >= 0.3 is 35.3 Å². The minimum absolute atomic E-state index is 0.140. The van der Waals surface area contributed by atoms with Gasteiger partial charge in [-0.3, -0.25) is 4.79 Å². The fourth-order valence-electron chi connectivity index (χ4n) is 3.98. The molecular formula is C27H26F9N3O5S2. The van der Waals surface area contributed by atoms with Crippen LogP contribution in [0, 0.1) is 0 Å². The Morgan fingerprint density at radius 3 is 2.28 bits per heavy atom. The first-order chi connectivity index (χ1) is 21.5. The molecule has 0 fully saturated rings. The summed E-state index contributed by atoms with van der Waals surface area (Å²) in [5.41, 5.74) is -0.690. The molecule has 3 N–H and O–H groups in total. The average molecular weight is 708 g/mol. The molecule has 1 atom stereocenters. The summed E-state index contributed by atoms with van der Waals surface area (Å²) in [6.07, 6.45) is -15.6. The Hall–Kier alpha value is -3.29. The molecule has 3 rings (SSSR count). The molecule has 0 aliphatic carbocycles. The summed E-state index contributed by atoms with van der Waals surface area (Å²) >= 11 is 1.90. The molecule has 0 aliphatic heterocycles. The van der Waals surface area contributed by atoms with Crippen molar-refractivity contribution in [3.8, 4) is 5.75 Å². The van der Waals surface area contributed by atoms with Gasteiger partial charge in [0.2, 0.25) is 0 Å². The number of halogens is 9. The Kier molecular flexibility index (Phi) is 12.9. The van der Waals surface area contributed by atoms with Gasteiger partial charge in [0.05, 0.1) is 10.3 Å². The monoisotopic (exact) mass is 707 g/mol. The predicted molar refractivity (Wildman–Crippen MR) is 152 cm³/mol. The number of hydrogen-bond acceptors (Lipinski definition) is 9. The Labute approximate surface area is 263 Å². The third kappa shape index (κ3) is 11.2. The van der Waals surface area contributed by atoms with Crippen molar-refractivity contribution >= 4 is 45.3 Å². The van der Waals surface area contributed by atoms with E-state index in [1.807, 2.05) is 0 Å². The first-order valence-corrected chi connectivity index (χ1v) is 15.3. The molecule has 0 unspecified atom stereocenters. The van der Waals surface area contributed by atoms with Crippen LogP contribution in [-0.2, 0) is 26.9 Å². The maximum atomic E-state index is 13.0. The number of fused-ring (bicyclic) bond motifs is 1. The molecule has 0 bridgehead atoms. The molecule has 0 saturated heterocycles. The fraction of sp³-hybridized carbons (Fsp3) is 0.444. The summed E-state index contributed by atoms with van der Waals surface area (Å²) in [6, 6.07) is 6.90. The number of carbonyl (C=O) groups is 2. The maximum Gasteiger partial charge on any atom is 0.491 e. The van der Waals surface area contributed by atoms with Crippen molar-refractivity contribution in [1.82, 2.24) is 15.6 Å². The topological polar surface area (TPSA) is 110 Å². The molecule has 0 aliphatic rings. The summed E-state index contributed by atoms with van der Waals surface area (Å²) < 4.78 is 124. The second-order valence-corrected chi connectivity index (χ2v) is 11.7. The van der Waals surface area contributed by atoms with Crippen molar-refractivity contribution in [2.24, 2.45) is 0 Å². The number of thiazole rings is 1. The Bertz CT molecular complexity index is 1540. The van der Waals surface area contributed by atoms with E-state index in [1.54, 1.807) is 6.07 Å². The van der Waals surface area contributed by atoms with Crippen LogP contribution < -0.4 is 20.2 Å². The van der Waals surface area contributed by atoms with Crippen LogP contribution in [0.15, 0.2) is 41.2 Å². The molecule has 19 heteroatoms. The van der Waals surface area contributed by atoms with Crippen molar-refractivity contribution in [2.75, 3.05) is 37.7 Å². The van der Waals surface area contributed by atoms with Gasteiger partial charge in [0, 0.05) is 24.4 Å². The van der Waals surface area contributed by atoms with Crippen LogP contribution in [0.1, 0.15) is 29.2 Å². The van der Waals surface area contributed by atoms with Crippen molar-refractivity contribution in [2.45, 2.75) is 37.5 Å². The van der Waals surface area contributed by atoms with E-state index < -0.39 is 58.3 Å². The van der Waals surface area contributed by atoms with Gasteiger partial charge < -0.3 is 25.1 Å². The summed E-state index contributed by atoms with van der Waals surface area (Å²) in [6.45, 7) is 0.961. The van der Waals surface area contributed by atoms with Crippen molar-refractivity contribution in [3.63, 3.8) is 0 Å². The van der Waals surface area contributed by atoms with E-state index in [-0.39, 0.29) is 23.4 Å². The minimum atomic E-state index is -5.36. The smallest absolute Gasteiger partial charge is 0.449 e. The van der Waals surface area contributed by atoms with Crippen molar-refractivity contribution < 1.29 is 58.6 Å². The number of rotatable bonds is 15. The molecule has 3 aromatic rings. The number of aromatic nitrogens is 1. The van der Waals surface area contributed by atoms with Crippen molar-refractivity contribution in [3.05, 3.63) is 62.8 Å². The lowest BCUT2D eigenvalue weighted by Gasteiger charge is -2.21. The van der Waals surface area contributed by atoms with E-state index in [0.29, 0.717) is 54.3 Å². The zero-order valence-electron chi connectivity index (χ0n) is 23.5. The number of aromatic amines is 1. The molecule has 46 heavy (non-hydrogen) atoms. The van der Waals surface area contributed by atoms with Crippen LogP contribution >= 0.6 is 23.1 Å². The van der Waals surface area contributed by atoms with Crippen LogP contribution in [0.5, 0.6) is 5.75 Å². The number of H-pyrrole nitrogens is 1. The zero-order chi connectivity index (χ0) is 34.1. The lowest BCUT2D eigenvalue weighted by molar-refractivity contribution is -0.205. The Morgan fingerprint density at radius 1 is 0.891 bits per heavy atom.